The van der Waals surface area contributed by atoms with E-state index in [-0.39, 0.29) is 23.9 Å². The van der Waals surface area contributed by atoms with Gasteiger partial charge >= 0.3 is 5.97 Å². The highest BCUT2D eigenvalue weighted by Gasteiger charge is 2.36. The van der Waals surface area contributed by atoms with Gasteiger partial charge in [-0.1, -0.05) is 12.1 Å². The van der Waals surface area contributed by atoms with E-state index in [9.17, 15) is 14.1 Å². The largest absolute Gasteiger partial charge is 0.456 e. The van der Waals surface area contributed by atoms with Crippen molar-refractivity contribution in [2.45, 2.75) is 32.9 Å². The number of hydrogen-bond donors (Lipinski definition) is 2. The lowest BCUT2D eigenvalue weighted by molar-refractivity contribution is -0.124. The van der Waals surface area contributed by atoms with Crippen molar-refractivity contribution in [1.29, 1.82) is 5.26 Å². The van der Waals surface area contributed by atoms with E-state index < -0.39 is 27.3 Å². The van der Waals surface area contributed by atoms with E-state index in [1.54, 1.807) is 63.2 Å². The molecule has 2 aromatic carbocycles. The van der Waals surface area contributed by atoms with Crippen LogP contribution in [0.4, 0.5) is 0 Å². The number of H-pyrrole nitrogens is 1. The number of nitriles is 1. The van der Waals surface area contributed by atoms with Crippen LogP contribution in [0.1, 0.15) is 42.3 Å². The van der Waals surface area contributed by atoms with E-state index in [1.807, 2.05) is 0 Å². The predicted octanol–water partition coefficient (Wildman–Crippen LogP) is 5.16. The van der Waals surface area contributed by atoms with Gasteiger partial charge in [0.15, 0.2) is 5.75 Å². The summed E-state index contributed by atoms with van der Waals surface area (Å²) in [5.41, 5.74) is 1.64. The van der Waals surface area contributed by atoms with Crippen molar-refractivity contribution in [2.24, 2.45) is 4.99 Å². The number of benzene rings is 2. The summed E-state index contributed by atoms with van der Waals surface area (Å²) >= 11 is 0. The molecule has 2 heterocycles. The maximum absolute atomic E-state index is 13.1. The topological polar surface area (TPSA) is 128 Å². The molecule has 1 aliphatic rings. The first-order valence-electron chi connectivity index (χ1n) is 11.1. The van der Waals surface area contributed by atoms with Gasteiger partial charge in [-0.2, -0.15) is 5.26 Å². The molecular formula is C25H25ClN4O5S. The van der Waals surface area contributed by atoms with Crippen molar-refractivity contribution < 1.29 is 23.1 Å². The van der Waals surface area contributed by atoms with E-state index in [2.05, 4.69) is 16.0 Å². The number of halogens is 1. The molecule has 1 atom stereocenters. The highest BCUT2D eigenvalue weighted by atomic mass is 35.7. The second-order valence-corrected chi connectivity index (χ2v) is 11.9. The summed E-state index contributed by atoms with van der Waals surface area (Å²) in [6, 6.07) is 13.7. The van der Waals surface area contributed by atoms with Gasteiger partial charge in [0, 0.05) is 40.9 Å². The normalized spacial score (nSPS) is 16.6. The maximum Gasteiger partial charge on any atom is 0.340 e. The van der Waals surface area contributed by atoms with Gasteiger partial charge in [-0.15, -0.1) is 0 Å². The number of amides is 1. The minimum Gasteiger partial charge on any atom is -0.456 e. The third kappa shape index (κ3) is 5.65. The molecule has 0 radical (unpaired) electrons. The summed E-state index contributed by atoms with van der Waals surface area (Å²) in [5.74, 6) is -0.876. The van der Waals surface area contributed by atoms with Gasteiger partial charge in [0.05, 0.1) is 23.7 Å². The second-order valence-electron chi connectivity index (χ2n) is 9.18. The van der Waals surface area contributed by atoms with Crippen molar-refractivity contribution in [1.82, 2.24) is 9.88 Å². The van der Waals surface area contributed by atoms with E-state index >= 15 is 0 Å². The minimum absolute atomic E-state index is 0.166. The van der Waals surface area contributed by atoms with Crippen LogP contribution in [-0.4, -0.2) is 50.0 Å². The Bertz CT molecular complexity index is 1390. The molecule has 188 valence electrons. The van der Waals surface area contributed by atoms with Crippen molar-refractivity contribution in [2.75, 3.05) is 13.1 Å². The fourth-order valence-corrected chi connectivity index (χ4v) is 5.24. The molecular weight excluding hydrogens is 504 g/mol. The zero-order chi connectivity index (χ0) is 26.1. The van der Waals surface area contributed by atoms with Crippen LogP contribution in [0.2, 0.25) is 0 Å². The molecule has 11 heteroatoms. The number of ether oxygens (including phenoxy) is 1. The third-order valence-electron chi connectivity index (χ3n) is 5.27. The van der Waals surface area contributed by atoms with Gasteiger partial charge < -0.3 is 18.8 Å². The van der Waals surface area contributed by atoms with Gasteiger partial charge in [0.1, 0.15) is 5.60 Å². The number of rotatable bonds is 5. The SMILES string of the molecule is CC(C)(C)OC(=O)c1c[nH]c2ccc(OS(O)(Cl)C3=NCCN(Cc4ccc(C#N)cc4)C3=O)cc12. The zero-order valence-electron chi connectivity index (χ0n) is 19.9. The predicted molar refractivity (Wildman–Crippen MR) is 139 cm³/mol. The Morgan fingerprint density at radius 1 is 1.28 bits per heavy atom. The Hall–Kier alpha value is -3.52. The lowest BCUT2D eigenvalue weighted by atomic mass is 10.1. The number of fused-ring (bicyclic) bond motifs is 1. The molecule has 0 bridgehead atoms. The summed E-state index contributed by atoms with van der Waals surface area (Å²) in [7, 11) is 2.80. The van der Waals surface area contributed by atoms with Gasteiger partial charge in [-0.3, -0.25) is 14.3 Å². The molecule has 1 aliphatic heterocycles. The number of nitrogens with zero attached hydrogens (tertiary/aromatic N) is 3. The molecule has 36 heavy (non-hydrogen) atoms. The number of aromatic amines is 1. The number of esters is 1. The van der Waals surface area contributed by atoms with Crippen molar-refractivity contribution in [3.8, 4) is 11.8 Å². The van der Waals surface area contributed by atoms with Crippen LogP contribution in [0, 0.1) is 11.3 Å². The van der Waals surface area contributed by atoms with Crippen LogP contribution in [-0.2, 0) is 16.1 Å². The quantitative estimate of drug-likeness (QED) is 0.440. The van der Waals surface area contributed by atoms with Gasteiger partial charge in [-0.25, -0.2) is 4.79 Å². The first-order chi connectivity index (χ1) is 17.0. The van der Waals surface area contributed by atoms with Gasteiger partial charge in [0.25, 0.3) is 5.91 Å². The van der Waals surface area contributed by atoms with Crippen LogP contribution in [0.25, 0.3) is 10.9 Å². The Balaban J connectivity index is 1.53. The van der Waals surface area contributed by atoms with Crippen LogP contribution < -0.4 is 4.18 Å². The molecule has 1 amide bonds. The number of aliphatic imine (C=N–C) groups is 1. The Labute approximate surface area is 214 Å². The molecule has 1 unspecified atom stereocenters. The first kappa shape index (κ1) is 25.6. The Morgan fingerprint density at radius 3 is 2.67 bits per heavy atom. The zero-order valence-corrected chi connectivity index (χ0v) is 21.5. The number of carbonyl (C=O) groups is 2. The molecule has 1 aromatic heterocycles. The van der Waals surface area contributed by atoms with E-state index in [1.165, 1.54) is 11.1 Å². The summed E-state index contributed by atoms with van der Waals surface area (Å²) < 4.78 is 22.1. The minimum atomic E-state index is -3.57. The standard InChI is InChI=1S/C25H25ClN4O5S/c1-25(2,3)34-24(32)20-14-29-21-9-8-18(12-19(20)21)35-36(26,33)22-23(31)30(11-10-28-22)15-17-6-4-16(13-27)5-7-17/h4-9,12,14,29,33H,10-11,15H2,1-3H3. The lowest BCUT2D eigenvalue weighted by Gasteiger charge is -2.35. The van der Waals surface area contributed by atoms with E-state index in [0.29, 0.717) is 28.6 Å². The molecule has 0 spiro atoms. The smallest absolute Gasteiger partial charge is 0.340 e. The van der Waals surface area contributed by atoms with E-state index in [0.717, 1.165) is 5.56 Å². The summed E-state index contributed by atoms with van der Waals surface area (Å²) in [6.07, 6.45) is 1.54. The van der Waals surface area contributed by atoms with Crippen LogP contribution in [0.5, 0.6) is 5.75 Å². The average molecular weight is 529 g/mol. The summed E-state index contributed by atoms with van der Waals surface area (Å²) in [6.45, 7) is 6.20. The summed E-state index contributed by atoms with van der Waals surface area (Å²) in [4.78, 5) is 34.4. The van der Waals surface area contributed by atoms with Gasteiger partial charge in [0.2, 0.25) is 5.04 Å². The maximum atomic E-state index is 13.1. The van der Waals surface area contributed by atoms with E-state index in [4.69, 9.17) is 24.9 Å². The number of hydrogen-bond acceptors (Lipinski definition) is 7. The van der Waals surface area contributed by atoms with Crippen molar-refractivity contribution in [3.05, 3.63) is 65.4 Å². The highest BCUT2D eigenvalue weighted by Crippen LogP contribution is 2.52. The molecule has 9 nitrogen and oxygen atoms in total. The molecule has 0 aliphatic carbocycles. The molecule has 0 saturated heterocycles. The fourth-order valence-electron chi connectivity index (χ4n) is 3.64. The lowest BCUT2D eigenvalue weighted by Crippen LogP contribution is -2.43. The van der Waals surface area contributed by atoms with Crippen molar-refractivity contribution in [3.63, 3.8) is 0 Å². The molecule has 0 saturated carbocycles. The molecule has 0 fully saturated rings. The van der Waals surface area contributed by atoms with Crippen molar-refractivity contribution >= 4 is 48.3 Å². The number of carbonyl (C=O) groups excluding carboxylic acids is 2. The monoisotopic (exact) mass is 528 g/mol. The molecule has 4 rings (SSSR count). The molecule has 3 aromatic rings. The third-order valence-corrected chi connectivity index (χ3v) is 7.09. The Morgan fingerprint density at radius 2 is 2.00 bits per heavy atom. The fraction of sp³-hybridized carbons (Fsp3) is 0.280. The highest BCUT2D eigenvalue weighted by molar-refractivity contribution is 8.55. The Kier molecular flexibility index (Phi) is 7.00. The second kappa shape index (κ2) is 9.85. The molecule has 2 N–H and O–H groups in total. The van der Waals surface area contributed by atoms with Gasteiger partial charge in [-0.05, 0) is 66.5 Å². The number of nitrogens with one attached hydrogen (secondary N) is 1. The average Bonchev–Trinajstić information content (AvgIpc) is 3.23. The summed E-state index contributed by atoms with van der Waals surface area (Å²) in [5, 5.41) is 9.22. The van der Waals surface area contributed by atoms with Crippen LogP contribution >= 0.6 is 20.5 Å². The number of aromatic nitrogens is 1. The van der Waals surface area contributed by atoms with Crippen LogP contribution in [0.15, 0.2) is 53.7 Å². The first-order valence-corrected chi connectivity index (χ1v) is 13.4. The van der Waals surface area contributed by atoms with Crippen LogP contribution in [0.3, 0.4) is 0 Å².